The van der Waals surface area contributed by atoms with Gasteiger partial charge in [0.25, 0.3) is 0 Å². The molecule has 5 atom stereocenters. The quantitative estimate of drug-likeness (QED) is 0.0601. The lowest BCUT2D eigenvalue weighted by Crippen LogP contribution is -2.60. The Hall–Kier alpha value is -5.48. The lowest BCUT2D eigenvalue weighted by atomic mass is 9.99. The molecule has 2 heterocycles. The van der Waals surface area contributed by atoms with Gasteiger partial charge >= 0.3 is 5.97 Å². The first-order valence-corrected chi connectivity index (χ1v) is 13.1. The number of rotatable bonds is 7. The third-order valence-electron chi connectivity index (χ3n) is 6.86. The summed E-state index contributed by atoms with van der Waals surface area (Å²) in [5.74, 6) is -4.92. The summed E-state index contributed by atoms with van der Waals surface area (Å²) in [5, 5.41) is 90.9. The number of fused-ring (bicyclic) bond motifs is 1. The van der Waals surface area contributed by atoms with Crippen molar-refractivity contribution in [1.29, 1.82) is 0 Å². The van der Waals surface area contributed by atoms with Gasteiger partial charge in [0.1, 0.15) is 29.8 Å². The van der Waals surface area contributed by atoms with E-state index in [2.05, 4.69) is 0 Å². The van der Waals surface area contributed by atoms with Gasteiger partial charge in [0.05, 0.1) is 11.6 Å². The standard InChI is InChI=1S/C30H26O15/c31-14-8-17(33)15-10-22(29(43-21(15)9-14)13-6-19(35)25(38)20(36)7-13)44-30-28(41)27(40)26(39)23(45-30)11-42-24(37)4-2-12-1-3-16(32)18(34)5-12/h1-10,23,26-28,30,32-36,38-41H,11H2/p+1. The number of esters is 1. The van der Waals surface area contributed by atoms with Crippen LogP contribution in [0, 0.1) is 0 Å². The van der Waals surface area contributed by atoms with Crippen LogP contribution in [0.1, 0.15) is 5.56 Å². The molecule has 5 unspecified atom stereocenters. The van der Waals surface area contributed by atoms with E-state index >= 15 is 0 Å². The number of hydrogen-bond donors (Lipinski definition) is 9. The highest BCUT2D eigenvalue weighted by Crippen LogP contribution is 2.45. The van der Waals surface area contributed by atoms with Crippen molar-refractivity contribution in [2.45, 2.75) is 30.7 Å². The smallest absolute Gasteiger partial charge is 0.507 e. The molecule has 0 spiro atoms. The van der Waals surface area contributed by atoms with E-state index in [0.29, 0.717) is 5.56 Å². The lowest BCUT2D eigenvalue weighted by Gasteiger charge is -2.39. The predicted molar refractivity (Wildman–Crippen MR) is 153 cm³/mol. The Morgan fingerprint density at radius 3 is 2.22 bits per heavy atom. The Kier molecular flexibility index (Phi) is 8.43. The SMILES string of the molecule is O=c1cc2oc(-c3cc(O)c(O)c(O)c3)c(OC3OC(COC(=[OH+])C=Cc4ccc(O)c(O)c4)C(O)C(O)C3O)cc-2c(O)c1. The highest BCUT2D eigenvalue weighted by Gasteiger charge is 2.47. The van der Waals surface area contributed by atoms with Crippen LogP contribution in [-0.4, -0.2) is 94.0 Å². The molecule has 0 saturated carbocycles. The normalized spacial score (nSPS) is 21.6. The average molecular weight is 628 g/mol. The van der Waals surface area contributed by atoms with Crippen LogP contribution in [-0.2, 0) is 9.47 Å². The van der Waals surface area contributed by atoms with Crippen molar-refractivity contribution in [3.8, 4) is 62.9 Å². The molecule has 1 saturated heterocycles. The monoisotopic (exact) mass is 627 g/mol. The second kappa shape index (κ2) is 12.3. The van der Waals surface area contributed by atoms with E-state index in [1.54, 1.807) is 0 Å². The number of ether oxygens (including phenoxy) is 3. The average Bonchev–Trinajstić information content (AvgIpc) is 2.99. The summed E-state index contributed by atoms with van der Waals surface area (Å²) in [5.41, 5.74) is -0.332. The summed E-state index contributed by atoms with van der Waals surface area (Å²) in [6, 6.07) is 9.02. The zero-order valence-electron chi connectivity index (χ0n) is 22.9. The number of benzene rings is 3. The van der Waals surface area contributed by atoms with Crippen LogP contribution < -0.4 is 10.2 Å². The fourth-order valence-electron chi connectivity index (χ4n) is 4.50. The first kappa shape index (κ1) is 31.0. The number of carbonyl (C=O) groups excluding carboxylic acids is 1. The number of phenolic OH excluding ortho intramolecular Hbond substituents is 6. The van der Waals surface area contributed by atoms with Crippen molar-refractivity contribution in [3.63, 3.8) is 0 Å². The van der Waals surface area contributed by atoms with Crippen LogP contribution in [0.3, 0.4) is 0 Å². The van der Waals surface area contributed by atoms with Crippen molar-refractivity contribution in [2.24, 2.45) is 0 Å². The van der Waals surface area contributed by atoms with Gasteiger partial charge in [-0.3, -0.25) is 4.79 Å². The molecule has 2 aromatic rings. The summed E-state index contributed by atoms with van der Waals surface area (Å²) < 4.78 is 22.4. The molecule has 1 aliphatic carbocycles. The zero-order chi connectivity index (χ0) is 32.6. The number of aliphatic hydroxyl groups excluding tert-OH is 3. The molecule has 45 heavy (non-hydrogen) atoms. The predicted octanol–water partition coefficient (Wildman–Crippen LogP) is 1.06. The van der Waals surface area contributed by atoms with E-state index in [1.165, 1.54) is 30.3 Å². The van der Waals surface area contributed by atoms with Crippen LogP contribution >= 0.6 is 0 Å². The van der Waals surface area contributed by atoms with Gasteiger partial charge in [0, 0.05) is 17.7 Å². The number of phenols is 6. The molecule has 15 nitrogen and oxygen atoms in total. The van der Waals surface area contributed by atoms with Crippen molar-refractivity contribution >= 4 is 12.0 Å². The van der Waals surface area contributed by atoms with Gasteiger partial charge in [-0.25, -0.2) is 0 Å². The molecule has 0 radical (unpaired) electrons. The molecule has 0 amide bonds. The largest absolute Gasteiger partial charge is 0.510 e. The van der Waals surface area contributed by atoms with Gasteiger partial charge in [0.2, 0.25) is 12.9 Å². The Bertz CT molecular complexity index is 1770. The molecule has 3 aliphatic rings. The van der Waals surface area contributed by atoms with E-state index in [-0.39, 0.29) is 39.9 Å². The second-order valence-electron chi connectivity index (χ2n) is 10.0. The molecule has 2 aliphatic heterocycles. The van der Waals surface area contributed by atoms with Gasteiger partial charge in [-0.05, 0) is 42.0 Å². The molecular weight excluding hydrogens is 600 g/mol. The van der Waals surface area contributed by atoms with E-state index < -0.39 is 71.7 Å². The number of hydrogen-bond acceptors (Lipinski definition) is 14. The Morgan fingerprint density at radius 2 is 1.53 bits per heavy atom. The van der Waals surface area contributed by atoms with Crippen LogP contribution in [0.4, 0.5) is 0 Å². The summed E-state index contributed by atoms with van der Waals surface area (Å²) in [7, 11) is 0. The highest BCUT2D eigenvalue weighted by atomic mass is 16.7. The van der Waals surface area contributed by atoms with Crippen LogP contribution in [0.15, 0.2) is 63.8 Å². The lowest BCUT2D eigenvalue weighted by molar-refractivity contribution is -0.276. The Balaban J connectivity index is 1.41. The van der Waals surface area contributed by atoms with Crippen LogP contribution in [0.2, 0.25) is 0 Å². The molecule has 15 heteroatoms. The summed E-state index contributed by atoms with van der Waals surface area (Å²) in [6.07, 6.45) is -6.16. The third-order valence-corrected chi connectivity index (χ3v) is 6.86. The van der Waals surface area contributed by atoms with E-state index in [1.807, 2.05) is 0 Å². The van der Waals surface area contributed by atoms with Gasteiger partial charge in [0.15, 0.2) is 51.8 Å². The van der Waals surface area contributed by atoms with E-state index in [0.717, 1.165) is 30.3 Å². The Labute approximate surface area is 252 Å². The second-order valence-corrected chi connectivity index (χ2v) is 10.0. The van der Waals surface area contributed by atoms with Gasteiger partial charge in [-0.1, -0.05) is 6.07 Å². The fraction of sp³-hybridized carbons (Fsp3) is 0.200. The molecule has 2 aromatic carbocycles. The maximum Gasteiger partial charge on any atom is 0.510 e. The van der Waals surface area contributed by atoms with Gasteiger partial charge < -0.3 is 69.4 Å². The summed E-state index contributed by atoms with van der Waals surface area (Å²) in [6.45, 7) is -0.566. The third kappa shape index (κ3) is 6.41. The summed E-state index contributed by atoms with van der Waals surface area (Å²) in [4.78, 5) is 22.1. The highest BCUT2D eigenvalue weighted by molar-refractivity contribution is 5.88. The fourth-order valence-corrected chi connectivity index (χ4v) is 4.50. The van der Waals surface area contributed by atoms with Crippen LogP contribution in [0.25, 0.3) is 28.7 Å². The molecule has 0 aromatic heterocycles. The van der Waals surface area contributed by atoms with Gasteiger partial charge in [-0.2, -0.15) is 0 Å². The minimum absolute atomic E-state index is 0.0282. The Morgan fingerprint density at radius 1 is 0.822 bits per heavy atom. The van der Waals surface area contributed by atoms with E-state index in [9.17, 15) is 55.5 Å². The number of aliphatic hydroxyl groups is 3. The maximum atomic E-state index is 12.0. The maximum absolute atomic E-state index is 12.0. The zero-order valence-corrected chi connectivity index (χ0v) is 22.9. The first-order valence-electron chi connectivity index (χ1n) is 13.1. The first-order chi connectivity index (χ1) is 21.3. The number of aromatic hydroxyl groups is 6. The van der Waals surface area contributed by atoms with Crippen LogP contribution in [0.5, 0.6) is 40.2 Å². The van der Waals surface area contributed by atoms with Gasteiger partial charge in [-0.15, -0.1) is 0 Å². The molecule has 10 N–H and O–H groups in total. The van der Waals surface area contributed by atoms with Crippen molar-refractivity contribution < 1.29 is 69.4 Å². The van der Waals surface area contributed by atoms with E-state index in [4.69, 9.17) is 18.6 Å². The summed E-state index contributed by atoms with van der Waals surface area (Å²) >= 11 is 0. The molecular formula is C30H27O15+. The molecule has 5 rings (SSSR count). The minimum atomic E-state index is -1.88. The molecule has 236 valence electrons. The molecule has 1 fully saturated rings. The van der Waals surface area contributed by atoms with Crippen molar-refractivity contribution in [2.75, 3.05) is 6.61 Å². The molecule has 0 bridgehead atoms. The van der Waals surface area contributed by atoms with Crippen molar-refractivity contribution in [1.82, 2.24) is 0 Å². The van der Waals surface area contributed by atoms with Crippen molar-refractivity contribution in [3.05, 3.63) is 70.4 Å². The minimum Gasteiger partial charge on any atom is -0.507 e. The topological polar surface area (TPSA) is 261 Å².